The summed E-state index contributed by atoms with van der Waals surface area (Å²) >= 11 is 17.7. The van der Waals surface area contributed by atoms with Gasteiger partial charge in [-0.2, -0.15) is 0 Å². The molecule has 0 aromatic heterocycles. The molecule has 1 N–H and O–H groups in total. The minimum atomic E-state index is 0.229. The van der Waals surface area contributed by atoms with Crippen molar-refractivity contribution in [1.82, 2.24) is 5.32 Å². The van der Waals surface area contributed by atoms with Gasteiger partial charge in [-0.05, 0) is 26.1 Å². The van der Waals surface area contributed by atoms with Crippen LogP contribution >= 0.6 is 34.8 Å². The molecule has 1 rings (SSSR count). The third-order valence-corrected chi connectivity index (χ3v) is 2.71. The van der Waals surface area contributed by atoms with Crippen LogP contribution in [0.15, 0.2) is 12.1 Å². The Morgan fingerprint density at radius 3 is 2.27 bits per heavy atom. The lowest BCUT2D eigenvalue weighted by molar-refractivity contribution is 0.280. The van der Waals surface area contributed by atoms with Crippen LogP contribution in [-0.2, 0) is 0 Å². The van der Waals surface area contributed by atoms with Crippen LogP contribution in [-0.4, -0.2) is 19.7 Å². The van der Waals surface area contributed by atoms with Gasteiger partial charge < -0.3 is 10.1 Å². The molecule has 0 radical (unpaired) electrons. The lowest BCUT2D eigenvalue weighted by atomic mass is 10.3. The highest BCUT2D eigenvalue weighted by Gasteiger charge is 2.10. The molecule has 1 unspecified atom stereocenters. The van der Waals surface area contributed by atoms with Crippen molar-refractivity contribution in [3.8, 4) is 5.75 Å². The first kappa shape index (κ1) is 12.9. The highest BCUT2D eigenvalue weighted by Crippen LogP contribution is 2.35. The molecule has 0 saturated heterocycles. The van der Waals surface area contributed by atoms with Crippen LogP contribution in [0.1, 0.15) is 6.92 Å². The van der Waals surface area contributed by atoms with Crippen molar-refractivity contribution in [2.24, 2.45) is 0 Å². The lowest BCUT2D eigenvalue weighted by Gasteiger charge is -2.14. The fourth-order valence-electron chi connectivity index (χ4n) is 0.959. The summed E-state index contributed by atoms with van der Waals surface area (Å²) < 4.78 is 5.49. The van der Waals surface area contributed by atoms with Crippen LogP contribution in [0.4, 0.5) is 0 Å². The minimum Gasteiger partial charge on any atom is -0.489 e. The van der Waals surface area contributed by atoms with Crippen LogP contribution in [0, 0.1) is 0 Å². The summed E-state index contributed by atoms with van der Waals surface area (Å²) in [5.74, 6) is 0.477. The molecular formula is C10H12Cl3NO. The quantitative estimate of drug-likeness (QED) is 0.900. The van der Waals surface area contributed by atoms with Crippen molar-refractivity contribution in [1.29, 1.82) is 0 Å². The highest BCUT2D eigenvalue weighted by atomic mass is 35.5. The summed E-state index contributed by atoms with van der Waals surface area (Å²) in [5.41, 5.74) is 0. The standard InChI is InChI=1S/C10H12Cl3NO/c1-6(14-2)5-15-10-8(12)3-7(11)4-9(10)13/h3-4,6,14H,5H2,1-2H3. The van der Waals surface area contributed by atoms with Crippen molar-refractivity contribution in [2.45, 2.75) is 13.0 Å². The van der Waals surface area contributed by atoms with E-state index in [-0.39, 0.29) is 6.04 Å². The van der Waals surface area contributed by atoms with Gasteiger partial charge in [-0.15, -0.1) is 0 Å². The number of hydrogen-bond acceptors (Lipinski definition) is 2. The Bertz CT molecular complexity index is 320. The second-order valence-electron chi connectivity index (χ2n) is 3.20. The Hall–Kier alpha value is -0.150. The third kappa shape index (κ3) is 3.72. The number of rotatable bonds is 4. The van der Waals surface area contributed by atoms with Gasteiger partial charge in [0.05, 0.1) is 10.0 Å². The van der Waals surface area contributed by atoms with Gasteiger partial charge in [-0.3, -0.25) is 0 Å². The number of nitrogens with one attached hydrogen (secondary N) is 1. The molecule has 0 heterocycles. The fourth-order valence-corrected chi connectivity index (χ4v) is 1.88. The van der Waals surface area contributed by atoms with Crippen LogP contribution in [0.25, 0.3) is 0 Å². The monoisotopic (exact) mass is 267 g/mol. The normalized spacial score (nSPS) is 12.6. The molecule has 0 bridgehead atoms. The van der Waals surface area contributed by atoms with Crippen molar-refractivity contribution in [2.75, 3.05) is 13.7 Å². The smallest absolute Gasteiger partial charge is 0.156 e. The zero-order valence-corrected chi connectivity index (χ0v) is 10.7. The maximum Gasteiger partial charge on any atom is 0.156 e. The van der Waals surface area contributed by atoms with Crippen LogP contribution in [0.3, 0.4) is 0 Å². The molecule has 1 atom stereocenters. The van der Waals surface area contributed by atoms with E-state index in [1.165, 1.54) is 0 Å². The third-order valence-electron chi connectivity index (χ3n) is 1.93. The molecule has 2 nitrogen and oxygen atoms in total. The van der Waals surface area contributed by atoms with E-state index in [2.05, 4.69) is 5.32 Å². The molecule has 0 spiro atoms. The first-order valence-corrected chi connectivity index (χ1v) is 5.62. The molecule has 5 heteroatoms. The van der Waals surface area contributed by atoms with E-state index in [9.17, 15) is 0 Å². The zero-order valence-electron chi connectivity index (χ0n) is 8.48. The molecule has 1 aromatic carbocycles. The van der Waals surface area contributed by atoms with E-state index in [1.807, 2.05) is 14.0 Å². The van der Waals surface area contributed by atoms with E-state index in [0.29, 0.717) is 27.4 Å². The highest BCUT2D eigenvalue weighted by molar-refractivity contribution is 6.40. The second kappa shape index (κ2) is 5.80. The molecule has 84 valence electrons. The zero-order chi connectivity index (χ0) is 11.4. The van der Waals surface area contributed by atoms with Crippen molar-refractivity contribution in [3.63, 3.8) is 0 Å². The number of halogens is 3. The molecule has 0 saturated carbocycles. The van der Waals surface area contributed by atoms with Gasteiger partial charge >= 0.3 is 0 Å². The van der Waals surface area contributed by atoms with E-state index >= 15 is 0 Å². The number of ether oxygens (including phenoxy) is 1. The predicted octanol–water partition coefficient (Wildman–Crippen LogP) is 3.63. The summed E-state index contributed by atoms with van der Waals surface area (Å²) in [6.07, 6.45) is 0. The van der Waals surface area contributed by atoms with Gasteiger partial charge in [0.2, 0.25) is 0 Å². The Morgan fingerprint density at radius 2 is 1.80 bits per heavy atom. The van der Waals surface area contributed by atoms with Gasteiger partial charge in [-0.1, -0.05) is 34.8 Å². The average Bonchev–Trinajstić information content (AvgIpc) is 2.15. The molecule has 1 aromatic rings. The minimum absolute atomic E-state index is 0.229. The Kier molecular flexibility index (Phi) is 5.00. The molecule has 15 heavy (non-hydrogen) atoms. The van der Waals surface area contributed by atoms with Crippen molar-refractivity contribution < 1.29 is 4.74 Å². The molecule has 0 fully saturated rings. The lowest BCUT2D eigenvalue weighted by Crippen LogP contribution is -2.28. The maximum absolute atomic E-state index is 5.95. The Labute approximate surface area is 104 Å². The average molecular weight is 269 g/mol. The second-order valence-corrected chi connectivity index (χ2v) is 4.45. The summed E-state index contributed by atoms with van der Waals surface area (Å²) in [7, 11) is 1.86. The van der Waals surface area contributed by atoms with E-state index in [1.54, 1.807) is 12.1 Å². The largest absolute Gasteiger partial charge is 0.489 e. The van der Waals surface area contributed by atoms with Gasteiger partial charge in [-0.25, -0.2) is 0 Å². The first-order valence-electron chi connectivity index (χ1n) is 4.49. The Balaban J connectivity index is 2.77. The summed E-state index contributed by atoms with van der Waals surface area (Å²) in [4.78, 5) is 0. The summed E-state index contributed by atoms with van der Waals surface area (Å²) in [6.45, 7) is 2.50. The summed E-state index contributed by atoms with van der Waals surface area (Å²) in [5, 5.41) is 4.40. The van der Waals surface area contributed by atoms with Gasteiger partial charge in [0.25, 0.3) is 0 Å². The molecule has 0 aliphatic heterocycles. The van der Waals surface area contributed by atoms with Crippen molar-refractivity contribution >= 4 is 34.8 Å². The topological polar surface area (TPSA) is 21.3 Å². The van der Waals surface area contributed by atoms with Gasteiger partial charge in [0.1, 0.15) is 6.61 Å². The van der Waals surface area contributed by atoms with Crippen LogP contribution in [0.2, 0.25) is 15.1 Å². The maximum atomic E-state index is 5.95. The number of hydrogen-bond donors (Lipinski definition) is 1. The number of likely N-dealkylation sites (N-methyl/N-ethyl adjacent to an activating group) is 1. The molecule has 0 aliphatic carbocycles. The van der Waals surface area contributed by atoms with E-state index in [0.717, 1.165) is 0 Å². The number of benzene rings is 1. The Morgan fingerprint density at radius 1 is 1.27 bits per heavy atom. The SMILES string of the molecule is CNC(C)COc1c(Cl)cc(Cl)cc1Cl. The molecular weight excluding hydrogens is 256 g/mol. The van der Waals surface area contributed by atoms with Crippen LogP contribution < -0.4 is 10.1 Å². The van der Waals surface area contributed by atoms with E-state index < -0.39 is 0 Å². The summed E-state index contributed by atoms with van der Waals surface area (Å²) in [6, 6.07) is 3.44. The van der Waals surface area contributed by atoms with Crippen LogP contribution in [0.5, 0.6) is 5.75 Å². The molecule has 0 aliphatic rings. The first-order chi connectivity index (χ1) is 7.04. The fraction of sp³-hybridized carbons (Fsp3) is 0.400. The predicted molar refractivity (Wildman–Crippen MR) is 65.5 cm³/mol. The van der Waals surface area contributed by atoms with Crippen molar-refractivity contribution in [3.05, 3.63) is 27.2 Å². The van der Waals surface area contributed by atoms with Gasteiger partial charge in [0.15, 0.2) is 5.75 Å². The van der Waals surface area contributed by atoms with E-state index in [4.69, 9.17) is 39.5 Å². The van der Waals surface area contributed by atoms with Gasteiger partial charge in [0, 0.05) is 11.1 Å². The molecule has 0 amide bonds.